The first kappa shape index (κ1) is 22.5. The molecule has 12 heteroatoms. The van der Waals surface area contributed by atoms with Crippen LogP contribution in [0.2, 0.25) is 0 Å². The van der Waals surface area contributed by atoms with E-state index in [1.54, 1.807) is 0 Å². The zero-order valence-corrected chi connectivity index (χ0v) is 17.2. The van der Waals surface area contributed by atoms with Crippen molar-refractivity contribution in [2.45, 2.75) is 36.6 Å². The van der Waals surface area contributed by atoms with E-state index >= 15 is 0 Å². The van der Waals surface area contributed by atoms with E-state index in [9.17, 15) is 31.2 Å². The summed E-state index contributed by atoms with van der Waals surface area (Å²) in [6.07, 6.45) is -0.378. The summed E-state index contributed by atoms with van der Waals surface area (Å²) < 4.78 is 67.7. The highest BCUT2D eigenvalue weighted by Gasteiger charge is 2.53. The number of carbonyl (C=O) groups excluding carboxylic acids is 2. The van der Waals surface area contributed by atoms with Crippen molar-refractivity contribution in [3.05, 3.63) is 29.8 Å². The second-order valence-electron chi connectivity index (χ2n) is 5.91. The third-order valence-electron chi connectivity index (χ3n) is 4.00. The lowest BCUT2D eigenvalue weighted by Crippen LogP contribution is -2.46. The van der Waals surface area contributed by atoms with E-state index in [-0.39, 0.29) is 24.6 Å². The van der Waals surface area contributed by atoms with Crippen molar-refractivity contribution < 1.29 is 35.9 Å². The topological polar surface area (TPSA) is 84.0 Å². The molecule has 2 rings (SSSR count). The summed E-state index contributed by atoms with van der Waals surface area (Å²) in [5.41, 5.74) is -6.16. The average Bonchev–Trinajstić information content (AvgIpc) is 2.59. The molecular weight excluding hydrogens is 469 g/mol. The third kappa shape index (κ3) is 4.59. The standard InChI is InChI=1S/C16H18BrF3N2O5S/c1-2-27-15(24)22(28(25,26)16(18,19)20)13-8-4-3-6-11(13)10-21-9-5-7-12(17)14(21)23/h3-4,6,8,12H,2,5,7,9-10H2,1H3. The van der Waals surface area contributed by atoms with E-state index in [1.807, 2.05) is 0 Å². The molecule has 0 radical (unpaired) electrons. The maximum Gasteiger partial charge on any atom is 0.517 e. The first-order chi connectivity index (χ1) is 13.0. The summed E-state index contributed by atoms with van der Waals surface area (Å²) in [5.74, 6) is -0.262. The number of para-hydroxylation sites is 1. The highest BCUT2D eigenvalue weighted by atomic mass is 79.9. The van der Waals surface area contributed by atoms with E-state index in [4.69, 9.17) is 0 Å². The van der Waals surface area contributed by atoms with Crippen LogP contribution in [0.1, 0.15) is 25.3 Å². The predicted molar refractivity (Wildman–Crippen MR) is 98.3 cm³/mol. The number of likely N-dealkylation sites (tertiary alicyclic amines) is 1. The molecule has 2 amide bonds. The third-order valence-corrected chi connectivity index (χ3v) is 6.26. The Morgan fingerprint density at radius 2 is 2.00 bits per heavy atom. The number of hydrogen-bond acceptors (Lipinski definition) is 5. The van der Waals surface area contributed by atoms with Gasteiger partial charge in [0.2, 0.25) is 5.91 Å². The maximum absolute atomic E-state index is 13.2. The van der Waals surface area contributed by atoms with Crippen LogP contribution in [0.3, 0.4) is 0 Å². The van der Waals surface area contributed by atoms with E-state index in [2.05, 4.69) is 20.7 Å². The molecule has 0 aromatic heterocycles. The minimum atomic E-state index is -6.05. The van der Waals surface area contributed by atoms with E-state index in [0.717, 1.165) is 6.07 Å². The van der Waals surface area contributed by atoms with Gasteiger partial charge in [0, 0.05) is 13.1 Å². The number of nitrogens with zero attached hydrogens (tertiary/aromatic N) is 2. The smallest absolute Gasteiger partial charge is 0.449 e. The second kappa shape index (κ2) is 8.68. The van der Waals surface area contributed by atoms with Crippen molar-refractivity contribution in [3.8, 4) is 0 Å². The fraction of sp³-hybridized carbons (Fsp3) is 0.500. The largest absolute Gasteiger partial charge is 0.517 e. The predicted octanol–water partition coefficient (Wildman–Crippen LogP) is 3.39. The van der Waals surface area contributed by atoms with Crippen LogP contribution in [0.4, 0.5) is 23.7 Å². The number of sulfonamides is 1. The number of hydrogen-bond donors (Lipinski definition) is 0. The van der Waals surface area contributed by atoms with Crippen LogP contribution in [0.5, 0.6) is 0 Å². The highest BCUT2D eigenvalue weighted by molar-refractivity contribution is 9.10. The van der Waals surface area contributed by atoms with Gasteiger partial charge in [0.15, 0.2) is 0 Å². The van der Waals surface area contributed by atoms with Crippen LogP contribution in [0, 0.1) is 0 Å². The van der Waals surface area contributed by atoms with Crippen molar-refractivity contribution in [2.75, 3.05) is 17.5 Å². The molecule has 1 aromatic rings. The molecule has 1 atom stereocenters. The fourth-order valence-electron chi connectivity index (χ4n) is 2.71. The van der Waals surface area contributed by atoms with Gasteiger partial charge in [0.25, 0.3) is 0 Å². The van der Waals surface area contributed by atoms with E-state index in [1.165, 1.54) is 30.0 Å². The second-order valence-corrected chi connectivity index (χ2v) is 8.80. The molecule has 28 heavy (non-hydrogen) atoms. The molecule has 0 spiro atoms. The summed E-state index contributed by atoms with van der Waals surface area (Å²) >= 11 is 3.24. The van der Waals surface area contributed by atoms with Gasteiger partial charge in [-0.15, -0.1) is 0 Å². The maximum atomic E-state index is 13.2. The summed E-state index contributed by atoms with van der Waals surface area (Å²) in [6.45, 7) is 1.23. The van der Waals surface area contributed by atoms with Crippen LogP contribution < -0.4 is 4.31 Å². The lowest BCUT2D eigenvalue weighted by molar-refractivity contribution is -0.133. The lowest BCUT2D eigenvalue weighted by atomic mass is 10.1. The number of ether oxygens (including phenoxy) is 1. The van der Waals surface area contributed by atoms with Crippen LogP contribution in [-0.2, 0) is 26.1 Å². The molecule has 1 aliphatic heterocycles. The van der Waals surface area contributed by atoms with Gasteiger partial charge in [0.1, 0.15) is 0 Å². The Morgan fingerprint density at radius 1 is 1.36 bits per heavy atom. The SMILES string of the molecule is CCOC(=O)N(c1ccccc1CN1CCCC(Br)C1=O)S(=O)(=O)C(F)(F)F. The molecule has 0 N–H and O–H groups in total. The first-order valence-electron chi connectivity index (χ1n) is 8.29. The normalized spacial score (nSPS) is 18.1. The Bertz CT molecular complexity index is 847. The number of alkyl halides is 4. The number of piperidine rings is 1. The van der Waals surface area contributed by atoms with Crippen molar-refractivity contribution in [1.82, 2.24) is 4.90 Å². The molecule has 156 valence electrons. The van der Waals surface area contributed by atoms with Crippen molar-refractivity contribution in [1.29, 1.82) is 0 Å². The van der Waals surface area contributed by atoms with Gasteiger partial charge in [-0.3, -0.25) is 4.79 Å². The minimum Gasteiger partial charge on any atom is -0.449 e. The van der Waals surface area contributed by atoms with E-state index in [0.29, 0.717) is 19.4 Å². The summed E-state index contributed by atoms with van der Waals surface area (Å²) in [7, 11) is -6.05. The molecule has 0 bridgehead atoms. The molecule has 1 aromatic carbocycles. The van der Waals surface area contributed by atoms with Crippen molar-refractivity contribution >= 4 is 43.6 Å². The van der Waals surface area contributed by atoms with Gasteiger partial charge >= 0.3 is 21.6 Å². The Morgan fingerprint density at radius 3 is 2.61 bits per heavy atom. The quantitative estimate of drug-likeness (QED) is 0.595. The van der Waals surface area contributed by atoms with Crippen LogP contribution in [0.15, 0.2) is 24.3 Å². The van der Waals surface area contributed by atoms with E-state index < -0.39 is 36.4 Å². The van der Waals surface area contributed by atoms with Crippen LogP contribution >= 0.6 is 15.9 Å². The minimum absolute atomic E-state index is 0.0679. The Hall–Kier alpha value is -1.82. The number of rotatable bonds is 5. The number of benzene rings is 1. The Kier molecular flexibility index (Phi) is 6.97. The number of halogens is 4. The zero-order chi connectivity index (χ0) is 21.1. The Labute approximate surface area is 168 Å². The van der Waals surface area contributed by atoms with Crippen molar-refractivity contribution in [2.24, 2.45) is 0 Å². The first-order valence-corrected chi connectivity index (χ1v) is 10.7. The van der Waals surface area contributed by atoms with Crippen LogP contribution in [-0.4, -0.2) is 48.8 Å². The van der Waals surface area contributed by atoms with Gasteiger partial charge in [0.05, 0.1) is 17.1 Å². The number of carbonyl (C=O) groups is 2. The Balaban J connectivity index is 2.50. The molecule has 0 aliphatic carbocycles. The molecule has 7 nitrogen and oxygen atoms in total. The fourth-order valence-corrected chi connectivity index (χ4v) is 4.22. The van der Waals surface area contributed by atoms with Gasteiger partial charge in [-0.05, 0) is 31.4 Å². The molecule has 1 aliphatic rings. The van der Waals surface area contributed by atoms with Gasteiger partial charge < -0.3 is 9.64 Å². The molecule has 1 unspecified atom stereocenters. The lowest BCUT2D eigenvalue weighted by Gasteiger charge is -2.31. The number of amides is 2. The van der Waals surface area contributed by atoms with Gasteiger partial charge in [-0.1, -0.05) is 34.1 Å². The monoisotopic (exact) mass is 486 g/mol. The molecule has 1 fully saturated rings. The number of anilines is 1. The van der Waals surface area contributed by atoms with Gasteiger partial charge in [-0.25, -0.2) is 4.79 Å². The summed E-state index contributed by atoms with van der Waals surface area (Å²) in [6, 6.07) is 5.19. The average molecular weight is 487 g/mol. The zero-order valence-electron chi connectivity index (χ0n) is 14.8. The summed E-state index contributed by atoms with van der Waals surface area (Å²) in [4.78, 5) is 25.4. The molecule has 0 saturated carbocycles. The molecule has 1 saturated heterocycles. The summed E-state index contributed by atoms with van der Waals surface area (Å²) in [5, 5.41) is 0. The van der Waals surface area contributed by atoms with Crippen LogP contribution in [0.25, 0.3) is 0 Å². The van der Waals surface area contributed by atoms with Crippen molar-refractivity contribution in [3.63, 3.8) is 0 Å². The van der Waals surface area contributed by atoms with Gasteiger partial charge in [-0.2, -0.15) is 25.9 Å². The highest BCUT2D eigenvalue weighted by Crippen LogP contribution is 2.34. The molecule has 1 heterocycles. The molecular formula is C16H18BrF3N2O5S.